The molecule has 3 N–H and O–H groups in total. The van der Waals surface area contributed by atoms with Crippen molar-refractivity contribution >= 4 is 23.3 Å². The Bertz CT molecular complexity index is 1260. The standard InChI is InChI=1S/C33H39N3O/c1-4-21-35-33(30-12-7-6-9-26(30)5-2)32(34)28-17-19-29(20-18-28)36-31(27-10-8-11-27)22-24-13-15-25(16-14-24)23-37-3/h6-7,9,12-21,36H,4-5,8,10-11,22-23,34H2,1-3H3/b33-32-,35-21?. The summed E-state index contributed by atoms with van der Waals surface area (Å²) in [5.41, 5.74) is 18.0. The minimum absolute atomic E-state index is 0.645. The first-order valence-electron chi connectivity index (χ1n) is 13.4. The second-order valence-corrected chi connectivity index (χ2v) is 9.56. The summed E-state index contributed by atoms with van der Waals surface area (Å²) in [7, 11) is 1.73. The summed E-state index contributed by atoms with van der Waals surface area (Å²) in [6, 6.07) is 25.5. The number of nitrogens with zero attached hydrogens (tertiary/aromatic N) is 1. The number of hydrogen-bond acceptors (Lipinski definition) is 4. The lowest BCUT2D eigenvalue weighted by atomic mass is 9.88. The minimum atomic E-state index is 0.645. The summed E-state index contributed by atoms with van der Waals surface area (Å²) in [5, 5.41) is 3.72. The maximum Gasteiger partial charge on any atom is 0.0936 e. The molecule has 4 rings (SSSR count). The number of hydrogen-bond donors (Lipinski definition) is 2. The minimum Gasteiger partial charge on any atom is -0.396 e. The molecular weight excluding hydrogens is 454 g/mol. The van der Waals surface area contributed by atoms with E-state index in [1.807, 2.05) is 6.21 Å². The van der Waals surface area contributed by atoms with Crippen LogP contribution in [-0.2, 0) is 24.2 Å². The largest absolute Gasteiger partial charge is 0.396 e. The number of aliphatic imine (C=N–C) groups is 1. The Kier molecular flexibility index (Phi) is 9.34. The van der Waals surface area contributed by atoms with Crippen molar-refractivity contribution < 1.29 is 4.74 Å². The SMILES string of the molecule is CCC=N/C(=C(\N)c1ccc(NC(Cc2ccc(COC)cc2)=C2CCC2)cc1)c1ccccc1CC. The highest BCUT2D eigenvalue weighted by Crippen LogP contribution is 2.32. The van der Waals surface area contributed by atoms with E-state index in [0.29, 0.717) is 12.3 Å². The number of anilines is 1. The van der Waals surface area contributed by atoms with Gasteiger partial charge in [0.25, 0.3) is 0 Å². The van der Waals surface area contributed by atoms with E-state index >= 15 is 0 Å². The Morgan fingerprint density at radius 3 is 2.27 bits per heavy atom. The van der Waals surface area contributed by atoms with Crippen LogP contribution in [0, 0.1) is 0 Å². The van der Waals surface area contributed by atoms with Crippen molar-refractivity contribution in [1.29, 1.82) is 0 Å². The Hall–Kier alpha value is -3.63. The van der Waals surface area contributed by atoms with Crippen LogP contribution in [0.4, 0.5) is 5.69 Å². The number of rotatable bonds is 11. The first kappa shape index (κ1) is 26.4. The van der Waals surface area contributed by atoms with E-state index in [1.54, 1.807) is 7.11 Å². The normalized spacial score (nSPS) is 13.9. The van der Waals surface area contributed by atoms with Gasteiger partial charge in [0, 0.05) is 36.7 Å². The average Bonchev–Trinajstić information content (AvgIpc) is 2.89. The molecule has 0 amide bonds. The second-order valence-electron chi connectivity index (χ2n) is 9.56. The van der Waals surface area contributed by atoms with Crippen LogP contribution in [0.3, 0.4) is 0 Å². The van der Waals surface area contributed by atoms with E-state index in [9.17, 15) is 0 Å². The number of methoxy groups -OCH3 is 1. The van der Waals surface area contributed by atoms with Crippen molar-refractivity contribution in [3.63, 3.8) is 0 Å². The van der Waals surface area contributed by atoms with Gasteiger partial charge in [0.15, 0.2) is 0 Å². The molecule has 0 atom stereocenters. The predicted molar refractivity (Wildman–Crippen MR) is 157 cm³/mol. The lowest BCUT2D eigenvalue weighted by molar-refractivity contribution is 0.185. The van der Waals surface area contributed by atoms with E-state index in [0.717, 1.165) is 41.8 Å². The van der Waals surface area contributed by atoms with Crippen molar-refractivity contribution in [2.24, 2.45) is 10.7 Å². The van der Waals surface area contributed by atoms with Crippen LogP contribution in [-0.4, -0.2) is 13.3 Å². The van der Waals surface area contributed by atoms with Crippen LogP contribution in [0.5, 0.6) is 0 Å². The summed E-state index contributed by atoms with van der Waals surface area (Å²) in [6.45, 7) is 4.90. The monoisotopic (exact) mass is 493 g/mol. The highest BCUT2D eigenvalue weighted by molar-refractivity contribution is 5.92. The summed E-state index contributed by atoms with van der Waals surface area (Å²) in [5.74, 6) is 0. The van der Waals surface area contributed by atoms with Crippen LogP contribution in [0.15, 0.2) is 89.1 Å². The van der Waals surface area contributed by atoms with Crippen molar-refractivity contribution in [2.45, 2.75) is 59.0 Å². The fraction of sp³-hybridized carbons (Fsp3) is 0.303. The van der Waals surface area contributed by atoms with Crippen LogP contribution >= 0.6 is 0 Å². The van der Waals surface area contributed by atoms with Crippen LogP contribution in [0.2, 0.25) is 0 Å². The molecule has 0 radical (unpaired) electrons. The van der Waals surface area contributed by atoms with Gasteiger partial charge in [-0.15, -0.1) is 0 Å². The summed E-state index contributed by atoms with van der Waals surface area (Å²) < 4.78 is 5.25. The van der Waals surface area contributed by atoms with Gasteiger partial charge in [0.2, 0.25) is 0 Å². The molecule has 4 heteroatoms. The molecule has 0 spiro atoms. The molecular formula is C33H39N3O. The highest BCUT2D eigenvalue weighted by atomic mass is 16.5. The van der Waals surface area contributed by atoms with Crippen LogP contribution < -0.4 is 11.1 Å². The molecule has 1 aliphatic rings. The maximum atomic E-state index is 6.73. The molecule has 1 saturated carbocycles. The Morgan fingerprint density at radius 1 is 0.946 bits per heavy atom. The number of nitrogens with one attached hydrogen (secondary N) is 1. The molecule has 3 aromatic carbocycles. The Balaban J connectivity index is 1.57. The maximum absolute atomic E-state index is 6.73. The Morgan fingerprint density at radius 2 is 1.65 bits per heavy atom. The summed E-state index contributed by atoms with van der Waals surface area (Å²) in [4.78, 5) is 4.77. The van der Waals surface area contributed by atoms with Crippen molar-refractivity contribution in [1.82, 2.24) is 0 Å². The van der Waals surface area contributed by atoms with E-state index in [-0.39, 0.29) is 0 Å². The van der Waals surface area contributed by atoms with E-state index in [4.69, 9.17) is 15.5 Å². The van der Waals surface area contributed by atoms with Crippen molar-refractivity contribution in [2.75, 3.05) is 12.4 Å². The van der Waals surface area contributed by atoms with Gasteiger partial charge in [0.05, 0.1) is 18.0 Å². The third kappa shape index (κ3) is 6.78. The average molecular weight is 494 g/mol. The van der Waals surface area contributed by atoms with Gasteiger partial charge in [0.1, 0.15) is 0 Å². The number of allylic oxidation sites excluding steroid dienone is 2. The zero-order valence-corrected chi connectivity index (χ0v) is 22.4. The second kappa shape index (κ2) is 13.1. The van der Waals surface area contributed by atoms with E-state index < -0.39 is 0 Å². The number of ether oxygens (including phenoxy) is 1. The third-order valence-electron chi connectivity index (χ3n) is 6.90. The fourth-order valence-electron chi connectivity index (χ4n) is 4.61. The zero-order valence-electron chi connectivity index (χ0n) is 22.4. The molecule has 3 aromatic rings. The smallest absolute Gasteiger partial charge is 0.0936 e. The Labute approximate surface area is 222 Å². The van der Waals surface area contributed by atoms with Crippen molar-refractivity contribution in [3.05, 3.63) is 112 Å². The molecule has 0 aliphatic heterocycles. The quantitative estimate of drug-likeness (QED) is 0.212. The molecule has 1 fully saturated rings. The molecule has 4 nitrogen and oxygen atoms in total. The predicted octanol–water partition coefficient (Wildman–Crippen LogP) is 7.75. The molecule has 1 aliphatic carbocycles. The van der Waals surface area contributed by atoms with Gasteiger partial charge < -0.3 is 15.8 Å². The summed E-state index contributed by atoms with van der Waals surface area (Å²) >= 11 is 0. The van der Waals surface area contributed by atoms with Gasteiger partial charge in [-0.25, -0.2) is 0 Å². The first-order valence-corrected chi connectivity index (χ1v) is 13.4. The third-order valence-corrected chi connectivity index (χ3v) is 6.90. The molecule has 0 unspecified atom stereocenters. The van der Waals surface area contributed by atoms with Gasteiger partial charge in [-0.1, -0.05) is 80.1 Å². The van der Waals surface area contributed by atoms with Gasteiger partial charge >= 0.3 is 0 Å². The fourth-order valence-corrected chi connectivity index (χ4v) is 4.61. The zero-order chi connectivity index (χ0) is 26.0. The lowest BCUT2D eigenvalue weighted by Crippen LogP contribution is -2.12. The van der Waals surface area contributed by atoms with E-state index in [2.05, 4.69) is 92.0 Å². The molecule has 37 heavy (non-hydrogen) atoms. The first-order chi connectivity index (χ1) is 18.1. The number of benzene rings is 3. The molecule has 192 valence electrons. The van der Waals surface area contributed by atoms with Gasteiger partial charge in [-0.05, 0) is 66.5 Å². The molecule has 0 saturated heterocycles. The van der Waals surface area contributed by atoms with Gasteiger partial charge in [-0.3, -0.25) is 4.99 Å². The number of nitrogens with two attached hydrogens (primary N) is 1. The van der Waals surface area contributed by atoms with Crippen molar-refractivity contribution in [3.8, 4) is 0 Å². The topological polar surface area (TPSA) is 59.6 Å². The summed E-state index contributed by atoms with van der Waals surface area (Å²) in [6.07, 6.45) is 8.25. The highest BCUT2D eigenvalue weighted by Gasteiger charge is 2.16. The lowest BCUT2D eigenvalue weighted by Gasteiger charge is -2.24. The molecule has 0 heterocycles. The van der Waals surface area contributed by atoms with Crippen LogP contribution in [0.1, 0.15) is 67.3 Å². The molecule has 0 aromatic heterocycles. The van der Waals surface area contributed by atoms with Crippen LogP contribution in [0.25, 0.3) is 11.4 Å². The molecule has 0 bridgehead atoms. The van der Waals surface area contributed by atoms with E-state index in [1.165, 1.54) is 47.2 Å². The number of aryl methyl sites for hydroxylation is 1. The van der Waals surface area contributed by atoms with Gasteiger partial charge in [-0.2, -0.15) is 0 Å².